The highest BCUT2D eigenvalue weighted by Crippen LogP contribution is 2.27. The number of benzene rings is 2. The summed E-state index contributed by atoms with van der Waals surface area (Å²) in [6.07, 6.45) is 0. The molecule has 1 N–H and O–H groups in total. The normalized spacial score (nSPS) is 16.6. The summed E-state index contributed by atoms with van der Waals surface area (Å²) < 4.78 is 14.8. The van der Waals surface area contributed by atoms with Crippen molar-refractivity contribution in [1.82, 2.24) is 19.8 Å². The SMILES string of the molecule is O=C1c2cc(F)ccc2-n2c1nc1ccc(CN3CCNCC3)cc1c2=O. The Kier molecular flexibility index (Phi) is 3.66. The number of fused-ring (bicyclic) bond motifs is 4. The van der Waals surface area contributed by atoms with E-state index in [1.807, 2.05) is 12.1 Å². The van der Waals surface area contributed by atoms with Crippen molar-refractivity contribution in [2.24, 2.45) is 0 Å². The minimum Gasteiger partial charge on any atom is -0.314 e. The van der Waals surface area contributed by atoms with Crippen LogP contribution in [0.2, 0.25) is 0 Å². The van der Waals surface area contributed by atoms with Crippen LogP contribution >= 0.6 is 0 Å². The molecule has 1 fully saturated rings. The quantitative estimate of drug-likeness (QED) is 0.584. The number of hydrogen-bond donors (Lipinski definition) is 1. The molecule has 3 aromatic rings. The van der Waals surface area contributed by atoms with Gasteiger partial charge in [-0.3, -0.25) is 19.1 Å². The zero-order valence-electron chi connectivity index (χ0n) is 14.5. The van der Waals surface area contributed by atoms with Crippen LogP contribution < -0.4 is 10.9 Å². The molecule has 0 atom stereocenters. The van der Waals surface area contributed by atoms with Gasteiger partial charge in [0.05, 0.1) is 22.2 Å². The van der Waals surface area contributed by atoms with Gasteiger partial charge in [0, 0.05) is 32.7 Å². The predicted molar refractivity (Wildman–Crippen MR) is 98.9 cm³/mol. The van der Waals surface area contributed by atoms with Gasteiger partial charge in [-0.1, -0.05) is 6.07 Å². The van der Waals surface area contributed by atoms with Gasteiger partial charge in [-0.2, -0.15) is 0 Å². The Morgan fingerprint density at radius 3 is 2.70 bits per heavy atom. The lowest BCUT2D eigenvalue weighted by Crippen LogP contribution is -2.42. The van der Waals surface area contributed by atoms with Gasteiger partial charge in [0.1, 0.15) is 5.82 Å². The second kappa shape index (κ2) is 6.07. The average Bonchev–Trinajstić information content (AvgIpc) is 2.95. The monoisotopic (exact) mass is 364 g/mol. The first-order valence-electron chi connectivity index (χ1n) is 8.95. The van der Waals surface area contributed by atoms with Crippen molar-refractivity contribution in [1.29, 1.82) is 0 Å². The van der Waals surface area contributed by atoms with Gasteiger partial charge in [-0.25, -0.2) is 9.37 Å². The smallest absolute Gasteiger partial charge is 0.266 e. The topological polar surface area (TPSA) is 67.2 Å². The lowest BCUT2D eigenvalue weighted by atomic mass is 10.1. The minimum absolute atomic E-state index is 0.0444. The summed E-state index contributed by atoms with van der Waals surface area (Å²) in [5, 5.41) is 3.79. The molecule has 136 valence electrons. The maximum Gasteiger partial charge on any atom is 0.266 e. The van der Waals surface area contributed by atoms with Crippen molar-refractivity contribution in [2.75, 3.05) is 26.2 Å². The minimum atomic E-state index is -0.509. The molecule has 2 aliphatic rings. The van der Waals surface area contributed by atoms with E-state index in [0.29, 0.717) is 16.6 Å². The van der Waals surface area contributed by atoms with Crippen LogP contribution in [0, 0.1) is 5.82 Å². The number of carbonyl (C=O) groups is 1. The molecule has 0 bridgehead atoms. The van der Waals surface area contributed by atoms with Gasteiger partial charge >= 0.3 is 0 Å². The zero-order chi connectivity index (χ0) is 18.5. The standard InChI is InChI=1S/C20H17FN4O2/c21-13-2-4-17-15(10-13)18(26)19-23-16-3-1-12(9-14(16)20(27)25(17)19)11-24-7-5-22-6-8-24/h1-4,9-10,22H,5-8,11H2. The number of rotatable bonds is 2. The van der Waals surface area contributed by atoms with Gasteiger partial charge in [0.25, 0.3) is 5.56 Å². The molecule has 0 radical (unpaired) electrons. The van der Waals surface area contributed by atoms with Crippen LogP contribution in [-0.4, -0.2) is 46.4 Å². The molecule has 0 saturated carbocycles. The van der Waals surface area contributed by atoms with Gasteiger partial charge < -0.3 is 5.32 Å². The van der Waals surface area contributed by atoms with Crippen molar-refractivity contribution >= 4 is 16.7 Å². The molecule has 27 heavy (non-hydrogen) atoms. The molecule has 6 nitrogen and oxygen atoms in total. The molecular weight excluding hydrogens is 347 g/mol. The van der Waals surface area contributed by atoms with Crippen LogP contribution in [0.4, 0.5) is 4.39 Å². The first kappa shape index (κ1) is 16.3. The Hall–Kier alpha value is -2.90. The lowest BCUT2D eigenvalue weighted by molar-refractivity contribution is 0.103. The van der Waals surface area contributed by atoms with Gasteiger partial charge in [0.2, 0.25) is 5.78 Å². The summed E-state index contributed by atoms with van der Waals surface area (Å²) in [4.78, 5) is 32.4. The summed E-state index contributed by atoms with van der Waals surface area (Å²) in [6.45, 7) is 4.61. The summed E-state index contributed by atoms with van der Waals surface area (Å²) in [7, 11) is 0. The number of ketones is 1. The Bertz CT molecular complexity index is 1150. The van der Waals surface area contributed by atoms with Crippen LogP contribution in [0.1, 0.15) is 21.7 Å². The maximum absolute atomic E-state index is 13.5. The second-order valence-electron chi connectivity index (χ2n) is 6.94. The number of halogens is 1. The molecule has 5 rings (SSSR count). The summed E-state index contributed by atoms with van der Waals surface area (Å²) in [6, 6.07) is 9.45. The maximum atomic E-state index is 13.5. The highest BCUT2D eigenvalue weighted by molar-refractivity contribution is 6.13. The van der Waals surface area contributed by atoms with Crippen molar-refractivity contribution in [3.8, 4) is 5.69 Å². The van der Waals surface area contributed by atoms with Crippen molar-refractivity contribution < 1.29 is 9.18 Å². The molecule has 7 heteroatoms. The first-order chi connectivity index (χ1) is 13.1. The number of aromatic nitrogens is 2. The number of nitrogens with zero attached hydrogens (tertiary/aromatic N) is 3. The fourth-order valence-corrected chi connectivity index (χ4v) is 3.84. The molecule has 0 amide bonds. The fraction of sp³-hybridized carbons (Fsp3) is 0.250. The third-order valence-corrected chi connectivity index (χ3v) is 5.20. The van der Waals surface area contributed by atoms with Gasteiger partial charge in [0.15, 0.2) is 5.82 Å². The van der Waals surface area contributed by atoms with Gasteiger partial charge in [-0.15, -0.1) is 0 Å². The molecule has 2 aliphatic heterocycles. The Balaban J connectivity index is 1.63. The van der Waals surface area contributed by atoms with Crippen LogP contribution in [0.3, 0.4) is 0 Å². The highest BCUT2D eigenvalue weighted by Gasteiger charge is 2.30. The van der Waals surface area contributed by atoms with Gasteiger partial charge in [-0.05, 0) is 35.9 Å². The van der Waals surface area contributed by atoms with E-state index < -0.39 is 11.6 Å². The number of hydrogen-bond acceptors (Lipinski definition) is 5. The molecule has 3 heterocycles. The van der Waals surface area contributed by atoms with E-state index in [-0.39, 0.29) is 16.9 Å². The average molecular weight is 364 g/mol. The molecular formula is C20H17FN4O2. The first-order valence-corrected chi connectivity index (χ1v) is 8.95. The molecule has 0 unspecified atom stereocenters. The summed E-state index contributed by atoms with van der Waals surface area (Å²) >= 11 is 0. The lowest BCUT2D eigenvalue weighted by Gasteiger charge is -2.27. The van der Waals surface area contributed by atoms with E-state index in [9.17, 15) is 14.0 Å². The molecule has 1 saturated heterocycles. The van der Waals surface area contributed by atoms with Crippen LogP contribution in [0.25, 0.3) is 16.6 Å². The van der Waals surface area contributed by atoms with Crippen molar-refractivity contribution in [3.05, 3.63) is 69.5 Å². The van der Waals surface area contributed by atoms with E-state index in [1.54, 1.807) is 6.07 Å². The van der Waals surface area contributed by atoms with Crippen LogP contribution in [0.5, 0.6) is 0 Å². The van der Waals surface area contributed by atoms with Crippen LogP contribution in [0.15, 0.2) is 41.2 Å². The number of nitrogens with one attached hydrogen (secondary N) is 1. The van der Waals surface area contributed by atoms with E-state index in [0.717, 1.165) is 44.4 Å². The number of carbonyl (C=O) groups excluding carboxylic acids is 1. The fourth-order valence-electron chi connectivity index (χ4n) is 3.84. The molecule has 2 aromatic carbocycles. The Morgan fingerprint density at radius 1 is 1.07 bits per heavy atom. The van der Waals surface area contributed by atoms with E-state index >= 15 is 0 Å². The Morgan fingerprint density at radius 2 is 1.89 bits per heavy atom. The molecule has 0 aliphatic carbocycles. The van der Waals surface area contributed by atoms with E-state index in [1.165, 1.54) is 16.7 Å². The Labute approximate surface area is 154 Å². The second-order valence-corrected chi connectivity index (χ2v) is 6.94. The van der Waals surface area contributed by atoms with Crippen LogP contribution in [-0.2, 0) is 6.54 Å². The third-order valence-electron chi connectivity index (χ3n) is 5.20. The summed E-state index contributed by atoms with van der Waals surface area (Å²) in [5.41, 5.74) is 1.79. The van der Waals surface area contributed by atoms with Crippen molar-refractivity contribution in [3.63, 3.8) is 0 Å². The number of piperazine rings is 1. The molecule has 0 spiro atoms. The zero-order valence-corrected chi connectivity index (χ0v) is 14.5. The molecule has 1 aromatic heterocycles. The largest absolute Gasteiger partial charge is 0.314 e. The highest BCUT2D eigenvalue weighted by atomic mass is 19.1. The van der Waals surface area contributed by atoms with Crippen molar-refractivity contribution in [2.45, 2.75) is 6.54 Å². The third kappa shape index (κ3) is 2.58. The summed E-state index contributed by atoms with van der Waals surface area (Å²) in [5.74, 6) is -0.887. The predicted octanol–water partition coefficient (Wildman–Crippen LogP) is 1.47. The van der Waals surface area contributed by atoms with E-state index in [4.69, 9.17) is 0 Å². The van der Waals surface area contributed by atoms with E-state index in [2.05, 4.69) is 15.2 Å².